The van der Waals surface area contributed by atoms with Crippen molar-refractivity contribution in [1.29, 1.82) is 0 Å². The fraction of sp³-hybridized carbons (Fsp3) is 0.625. The van der Waals surface area contributed by atoms with Crippen LogP contribution in [-0.2, 0) is 4.74 Å². The minimum atomic E-state index is -0.443. The highest BCUT2D eigenvalue weighted by atomic mass is 16.6. The molecule has 1 N–H and O–H groups in total. The zero-order valence-electron chi connectivity index (χ0n) is 13.6. The summed E-state index contributed by atoms with van der Waals surface area (Å²) >= 11 is 0. The number of hydrogen-bond donors (Lipinski definition) is 1. The van der Waals surface area contributed by atoms with E-state index in [1.54, 1.807) is 4.90 Å². The van der Waals surface area contributed by atoms with Gasteiger partial charge in [0.05, 0.1) is 0 Å². The topological polar surface area (TPSA) is 54.5 Å². The second-order valence-corrected chi connectivity index (χ2v) is 6.69. The first-order chi connectivity index (χ1) is 9.73. The number of aryl methyl sites for hydroxylation is 2. The van der Waals surface area contributed by atoms with E-state index in [4.69, 9.17) is 4.74 Å². The van der Waals surface area contributed by atoms with E-state index >= 15 is 0 Å². The van der Waals surface area contributed by atoms with Crippen molar-refractivity contribution in [2.45, 2.75) is 52.7 Å². The SMILES string of the molecule is Cc1cc(N[C@H]2CCN(C(=O)OC(C)(C)C)C2)cc(C)n1. The molecule has 21 heavy (non-hydrogen) atoms. The van der Waals surface area contributed by atoms with Crippen molar-refractivity contribution >= 4 is 11.8 Å². The molecule has 0 spiro atoms. The molecule has 5 nitrogen and oxygen atoms in total. The molecule has 1 amide bonds. The predicted octanol–water partition coefficient (Wildman–Crippen LogP) is 3.12. The first-order valence-corrected chi connectivity index (χ1v) is 7.43. The van der Waals surface area contributed by atoms with Crippen molar-refractivity contribution in [3.8, 4) is 0 Å². The zero-order chi connectivity index (χ0) is 15.6. The normalized spacial score (nSPS) is 18.7. The molecule has 0 saturated carbocycles. The van der Waals surface area contributed by atoms with Gasteiger partial charge in [0.1, 0.15) is 5.60 Å². The molecular formula is C16H25N3O2. The number of amides is 1. The molecule has 0 radical (unpaired) electrons. The van der Waals surface area contributed by atoms with Crippen molar-refractivity contribution in [3.05, 3.63) is 23.5 Å². The smallest absolute Gasteiger partial charge is 0.410 e. The van der Waals surface area contributed by atoms with Crippen LogP contribution in [0.5, 0.6) is 0 Å². The molecule has 0 bridgehead atoms. The summed E-state index contributed by atoms with van der Waals surface area (Å²) in [6.07, 6.45) is 0.702. The van der Waals surface area contributed by atoms with Gasteiger partial charge in [-0.25, -0.2) is 4.79 Å². The largest absolute Gasteiger partial charge is 0.444 e. The maximum absolute atomic E-state index is 12.0. The van der Waals surface area contributed by atoms with E-state index in [9.17, 15) is 4.79 Å². The van der Waals surface area contributed by atoms with E-state index in [2.05, 4.69) is 10.3 Å². The predicted molar refractivity (Wildman–Crippen MR) is 83.5 cm³/mol. The van der Waals surface area contributed by atoms with Crippen LogP contribution in [-0.4, -0.2) is 40.7 Å². The fourth-order valence-corrected chi connectivity index (χ4v) is 2.52. The molecule has 1 aliphatic heterocycles. The summed E-state index contributed by atoms with van der Waals surface area (Å²) in [6.45, 7) is 11.0. The van der Waals surface area contributed by atoms with E-state index in [1.807, 2.05) is 46.8 Å². The average molecular weight is 291 g/mol. The van der Waals surface area contributed by atoms with Gasteiger partial charge in [0.2, 0.25) is 0 Å². The Balaban J connectivity index is 1.92. The number of carbonyl (C=O) groups is 1. The summed E-state index contributed by atoms with van der Waals surface area (Å²) in [7, 11) is 0. The van der Waals surface area contributed by atoms with Crippen LogP contribution in [0.15, 0.2) is 12.1 Å². The van der Waals surface area contributed by atoms with Gasteiger partial charge in [0, 0.05) is 36.2 Å². The molecule has 0 unspecified atom stereocenters. The Morgan fingerprint density at radius 3 is 2.52 bits per heavy atom. The van der Waals surface area contributed by atoms with Crippen molar-refractivity contribution in [1.82, 2.24) is 9.88 Å². The summed E-state index contributed by atoms with van der Waals surface area (Å²) < 4.78 is 5.41. The first kappa shape index (κ1) is 15.6. The Hall–Kier alpha value is -1.78. The van der Waals surface area contributed by atoms with Crippen molar-refractivity contribution in [3.63, 3.8) is 0 Å². The van der Waals surface area contributed by atoms with Gasteiger partial charge in [-0.15, -0.1) is 0 Å². The van der Waals surface area contributed by atoms with E-state index in [0.717, 1.165) is 30.0 Å². The molecule has 1 aliphatic rings. The number of pyridine rings is 1. The number of anilines is 1. The molecule has 1 atom stereocenters. The molecule has 1 aromatic rings. The summed E-state index contributed by atoms with van der Waals surface area (Å²) in [5, 5.41) is 3.48. The average Bonchev–Trinajstić information content (AvgIpc) is 2.73. The monoisotopic (exact) mass is 291 g/mol. The van der Waals surface area contributed by atoms with Crippen molar-refractivity contribution in [2.75, 3.05) is 18.4 Å². The number of nitrogens with zero attached hydrogens (tertiary/aromatic N) is 2. The maximum Gasteiger partial charge on any atom is 0.410 e. The maximum atomic E-state index is 12.0. The summed E-state index contributed by atoms with van der Waals surface area (Å²) in [4.78, 5) is 18.2. The van der Waals surface area contributed by atoms with Gasteiger partial charge in [-0.05, 0) is 53.2 Å². The van der Waals surface area contributed by atoms with Crippen molar-refractivity contribution < 1.29 is 9.53 Å². The summed E-state index contributed by atoms with van der Waals surface area (Å²) in [6, 6.07) is 4.32. The molecule has 1 fully saturated rings. The van der Waals surface area contributed by atoms with Crippen LogP contribution < -0.4 is 5.32 Å². The van der Waals surface area contributed by atoms with Gasteiger partial charge in [0.15, 0.2) is 0 Å². The molecular weight excluding hydrogens is 266 g/mol. The number of ether oxygens (including phenoxy) is 1. The molecule has 2 heterocycles. The van der Waals surface area contributed by atoms with Crippen LogP contribution in [0.2, 0.25) is 0 Å². The van der Waals surface area contributed by atoms with Gasteiger partial charge in [-0.2, -0.15) is 0 Å². The molecule has 0 aromatic carbocycles. The van der Waals surface area contributed by atoms with E-state index < -0.39 is 5.60 Å². The Bertz CT molecular complexity index is 502. The second kappa shape index (κ2) is 5.92. The minimum absolute atomic E-state index is 0.228. The molecule has 116 valence electrons. The third-order valence-corrected chi connectivity index (χ3v) is 3.29. The van der Waals surface area contributed by atoms with Gasteiger partial charge < -0.3 is 15.0 Å². The number of rotatable bonds is 2. The molecule has 0 aliphatic carbocycles. The van der Waals surface area contributed by atoms with Crippen LogP contribution >= 0.6 is 0 Å². The number of hydrogen-bond acceptors (Lipinski definition) is 4. The number of aromatic nitrogens is 1. The van der Waals surface area contributed by atoms with Gasteiger partial charge in [0.25, 0.3) is 0 Å². The van der Waals surface area contributed by atoms with Crippen LogP contribution in [0, 0.1) is 13.8 Å². The highest BCUT2D eigenvalue weighted by Crippen LogP contribution is 2.19. The van der Waals surface area contributed by atoms with Crippen LogP contribution in [0.25, 0.3) is 0 Å². The Kier molecular flexibility index (Phi) is 4.40. The van der Waals surface area contributed by atoms with Gasteiger partial charge in [-0.1, -0.05) is 0 Å². The lowest BCUT2D eigenvalue weighted by molar-refractivity contribution is 0.0293. The molecule has 2 rings (SSSR count). The second-order valence-electron chi connectivity index (χ2n) is 6.69. The van der Waals surface area contributed by atoms with Gasteiger partial charge >= 0.3 is 6.09 Å². The standard InChI is InChI=1S/C16H25N3O2/c1-11-8-14(9-12(2)17-11)18-13-6-7-19(10-13)15(20)21-16(3,4)5/h8-9,13H,6-7,10H2,1-5H3,(H,17,18)/t13-/m0/s1. The van der Waals surface area contributed by atoms with Crippen LogP contribution in [0.3, 0.4) is 0 Å². The number of carbonyl (C=O) groups excluding carboxylic acids is 1. The summed E-state index contributed by atoms with van der Waals surface area (Å²) in [5.41, 5.74) is 2.62. The van der Waals surface area contributed by atoms with Crippen LogP contribution in [0.1, 0.15) is 38.6 Å². The quantitative estimate of drug-likeness (QED) is 0.909. The van der Waals surface area contributed by atoms with Gasteiger partial charge in [-0.3, -0.25) is 4.98 Å². The highest BCUT2D eigenvalue weighted by Gasteiger charge is 2.29. The minimum Gasteiger partial charge on any atom is -0.444 e. The summed E-state index contributed by atoms with van der Waals surface area (Å²) in [5.74, 6) is 0. The highest BCUT2D eigenvalue weighted by molar-refractivity contribution is 5.68. The Morgan fingerprint density at radius 2 is 1.95 bits per heavy atom. The first-order valence-electron chi connectivity index (χ1n) is 7.43. The fourth-order valence-electron chi connectivity index (χ4n) is 2.52. The lowest BCUT2D eigenvalue weighted by Gasteiger charge is -2.24. The third kappa shape index (κ3) is 4.62. The molecule has 5 heteroatoms. The van der Waals surface area contributed by atoms with Crippen molar-refractivity contribution in [2.24, 2.45) is 0 Å². The molecule has 1 saturated heterocycles. The zero-order valence-corrected chi connectivity index (χ0v) is 13.6. The lowest BCUT2D eigenvalue weighted by Crippen LogP contribution is -2.36. The Labute approximate surface area is 126 Å². The Morgan fingerprint density at radius 1 is 1.33 bits per heavy atom. The number of likely N-dealkylation sites (tertiary alicyclic amines) is 1. The lowest BCUT2D eigenvalue weighted by atomic mass is 10.2. The van der Waals surface area contributed by atoms with E-state index in [1.165, 1.54) is 0 Å². The third-order valence-electron chi connectivity index (χ3n) is 3.29. The molecule has 1 aromatic heterocycles. The number of nitrogens with one attached hydrogen (secondary N) is 1. The van der Waals surface area contributed by atoms with Crippen LogP contribution in [0.4, 0.5) is 10.5 Å². The van der Waals surface area contributed by atoms with E-state index in [0.29, 0.717) is 6.54 Å². The van der Waals surface area contributed by atoms with E-state index in [-0.39, 0.29) is 12.1 Å².